The van der Waals surface area contributed by atoms with Crippen LogP contribution in [0.3, 0.4) is 0 Å². The standard InChI is InChI=1S/C34H42FN11O4/c35-26-19-23(38-33-30(31(36)48)41-42-32(40-33)27-21-50-18-10-37-27)1-6-28(26)45-16-14-43(15-17-45)20-22-7-11-44(12-8-22)24-2-4-25(5-3-24)46-13-9-29(47)39-34(46)49/h1-6,19,22,27,37H,7-18,20-21H2,(H2,36,48)(H,38,40,42)(H,39,47,49). The summed E-state index contributed by atoms with van der Waals surface area (Å²) in [5.41, 5.74) is 8.26. The average molecular weight is 688 g/mol. The number of nitrogens with two attached hydrogens (primary N) is 1. The van der Waals surface area contributed by atoms with Gasteiger partial charge in [0.1, 0.15) is 5.82 Å². The van der Waals surface area contributed by atoms with Crippen molar-refractivity contribution < 1.29 is 23.5 Å². The van der Waals surface area contributed by atoms with Crippen LogP contribution in [-0.2, 0) is 9.53 Å². The summed E-state index contributed by atoms with van der Waals surface area (Å²) in [4.78, 5) is 48.7. The first kappa shape index (κ1) is 33.6. The molecule has 0 radical (unpaired) electrons. The van der Waals surface area contributed by atoms with Crippen molar-refractivity contribution in [3.8, 4) is 0 Å². The predicted octanol–water partition coefficient (Wildman–Crippen LogP) is 2.00. The zero-order chi connectivity index (χ0) is 34.6. The Morgan fingerprint density at radius 3 is 2.40 bits per heavy atom. The van der Waals surface area contributed by atoms with Crippen molar-refractivity contribution >= 4 is 46.4 Å². The monoisotopic (exact) mass is 687 g/mol. The number of imide groups is 1. The predicted molar refractivity (Wildman–Crippen MR) is 185 cm³/mol. The number of carbonyl (C=O) groups excluding carboxylic acids is 3. The summed E-state index contributed by atoms with van der Waals surface area (Å²) >= 11 is 0. The van der Waals surface area contributed by atoms with E-state index in [2.05, 4.69) is 45.8 Å². The molecule has 0 bridgehead atoms. The van der Waals surface area contributed by atoms with Crippen LogP contribution in [0.25, 0.3) is 0 Å². The molecule has 0 spiro atoms. The van der Waals surface area contributed by atoms with Gasteiger partial charge in [-0.1, -0.05) is 0 Å². The van der Waals surface area contributed by atoms with Gasteiger partial charge in [-0.25, -0.2) is 14.2 Å². The molecule has 4 aliphatic heterocycles. The highest BCUT2D eigenvalue weighted by Crippen LogP contribution is 2.29. The summed E-state index contributed by atoms with van der Waals surface area (Å²) in [7, 11) is 0. The van der Waals surface area contributed by atoms with Gasteiger partial charge in [-0.05, 0) is 61.2 Å². The van der Waals surface area contributed by atoms with E-state index < -0.39 is 5.91 Å². The molecule has 5 heterocycles. The number of rotatable bonds is 9. The number of aromatic nitrogens is 3. The summed E-state index contributed by atoms with van der Waals surface area (Å²) in [5, 5.41) is 16.7. The van der Waals surface area contributed by atoms with E-state index in [1.54, 1.807) is 17.0 Å². The Kier molecular flexibility index (Phi) is 10.0. The molecule has 0 saturated carbocycles. The average Bonchev–Trinajstić information content (AvgIpc) is 3.13. The molecule has 5 N–H and O–H groups in total. The van der Waals surface area contributed by atoms with Crippen LogP contribution in [0, 0.1) is 11.7 Å². The molecule has 3 aromatic rings. The molecule has 4 amide bonds. The summed E-state index contributed by atoms with van der Waals surface area (Å²) in [6.07, 6.45) is 2.49. The molecular weight excluding hydrogens is 645 g/mol. The summed E-state index contributed by atoms with van der Waals surface area (Å²) in [6.45, 7) is 8.10. The summed E-state index contributed by atoms with van der Waals surface area (Å²) < 4.78 is 20.9. The number of urea groups is 1. The Labute approximate surface area is 289 Å². The highest BCUT2D eigenvalue weighted by atomic mass is 19.1. The minimum absolute atomic E-state index is 0.113. The minimum atomic E-state index is -0.788. The highest BCUT2D eigenvalue weighted by molar-refractivity contribution is 6.05. The van der Waals surface area contributed by atoms with Gasteiger partial charge in [0.2, 0.25) is 5.91 Å². The van der Waals surface area contributed by atoms with E-state index in [1.807, 2.05) is 24.3 Å². The fourth-order valence-electron chi connectivity index (χ4n) is 7.01. The van der Waals surface area contributed by atoms with E-state index >= 15 is 4.39 Å². The third kappa shape index (κ3) is 7.61. The van der Waals surface area contributed by atoms with Gasteiger partial charge in [0.15, 0.2) is 17.3 Å². The van der Waals surface area contributed by atoms with E-state index in [4.69, 9.17) is 10.5 Å². The minimum Gasteiger partial charge on any atom is -0.378 e. The largest absolute Gasteiger partial charge is 0.378 e. The third-order valence-electron chi connectivity index (χ3n) is 9.80. The van der Waals surface area contributed by atoms with Gasteiger partial charge in [0, 0.05) is 82.4 Å². The topological polar surface area (TPSA) is 174 Å². The molecule has 16 heteroatoms. The molecule has 1 aromatic heterocycles. The number of amides is 4. The fraction of sp³-hybridized carbons (Fsp3) is 0.471. The lowest BCUT2D eigenvalue weighted by Gasteiger charge is -2.40. The van der Waals surface area contributed by atoms with Crippen molar-refractivity contribution in [2.75, 3.05) is 92.1 Å². The number of nitrogens with one attached hydrogen (secondary N) is 3. The molecule has 0 aliphatic carbocycles. The highest BCUT2D eigenvalue weighted by Gasteiger charge is 2.27. The molecule has 264 valence electrons. The van der Waals surface area contributed by atoms with Crippen molar-refractivity contribution in [2.24, 2.45) is 11.7 Å². The van der Waals surface area contributed by atoms with E-state index in [-0.39, 0.29) is 35.3 Å². The normalized spacial score (nSPS) is 20.9. The number of ether oxygens (including phenoxy) is 1. The van der Waals surface area contributed by atoms with Crippen molar-refractivity contribution in [3.05, 3.63) is 59.8 Å². The maximum atomic E-state index is 15.5. The Morgan fingerprint density at radius 2 is 1.72 bits per heavy atom. The smallest absolute Gasteiger partial charge is 0.328 e. The van der Waals surface area contributed by atoms with Gasteiger partial charge in [-0.2, -0.15) is 0 Å². The van der Waals surface area contributed by atoms with Gasteiger partial charge in [0.05, 0.1) is 24.9 Å². The second kappa shape index (κ2) is 14.9. The Balaban J connectivity index is 0.888. The van der Waals surface area contributed by atoms with Crippen molar-refractivity contribution in [3.63, 3.8) is 0 Å². The SMILES string of the molecule is NC(=O)c1nnc(C2COCCN2)nc1Nc1ccc(N2CCN(CC3CCN(c4ccc(N5CCC(=O)NC5=O)cc4)CC3)CC2)c(F)c1. The van der Waals surface area contributed by atoms with Crippen LogP contribution in [0.5, 0.6) is 0 Å². The van der Waals surface area contributed by atoms with Crippen molar-refractivity contribution in [2.45, 2.75) is 25.3 Å². The lowest BCUT2D eigenvalue weighted by molar-refractivity contribution is -0.120. The van der Waals surface area contributed by atoms with E-state index in [9.17, 15) is 14.4 Å². The number of carbonyl (C=O) groups is 3. The molecule has 15 nitrogen and oxygen atoms in total. The lowest BCUT2D eigenvalue weighted by Crippen LogP contribution is -2.49. The number of anilines is 5. The van der Waals surface area contributed by atoms with Crippen molar-refractivity contribution in [1.29, 1.82) is 0 Å². The first-order chi connectivity index (χ1) is 24.3. The zero-order valence-corrected chi connectivity index (χ0v) is 27.8. The van der Waals surface area contributed by atoms with Crippen LogP contribution >= 0.6 is 0 Å². The van der Waals surface area contributed by atoms with Gasteiger partial charge in [-0.15, -0.1) is 10.2 Å². The number of hydrogen-bond donors (Lipinski definition) is 4. The Hall–Kier alpha value is -4.93. The van der Waals surface area contributed by atoms with E-state index in [0.717, 1.165) is 70.0 Å². The van der Waals surface area contributed by atoms with Crippen LogP contribution in [0.4, 0.5) is 37.8 Å². The Bertz CT molecular complexity index is 1710. The first-order valence-electron chi connectivity index (χ1n) is 17.2. The number of nitrogens with zero attached hydrogens (tertiary/aromatic N) is 7. The van der Waals surface area contributed by atoms with Gasteiger partial charge >= 0.3 is 6.03 Å². The van der Waals surface area contributed by atoms with Crippen LogP contribution in [0.2, 0.25) is 0 Å². The molecule has 4 fully saturated rings. The second-order valence-electron chi connectivity index (χ2n) is 13.1. The summed E-state index contributed by atoms with van der Waals surface area (Å²) in [6, 6.07) is 12.2. The summed E-state index contributed by atoms with van der Waals surface area (Å²) in [5.74, 6) is -0.332. The van der Waals surface area contributed by atoms with E-state index in [0.29, 0.717) is 55.8 Å². The molecule has 2 aromatic carbocycles. The number of primary amides is 1. The number of morpholine rings is 1. The van der Waals surface area contributed by atoms with Crippen LogP contribution < -0.4 is 36.4 Å². The molecule has 50 heavy (non-hydrogen) atoms. The number of piperazine rings is 1. The maximum absolute atomic E-state index is 15.5. The third-order valence-corrected chi connectivity index (χ3v) is 9.80. The molecular formula is C34H42FN11O4. The second-order valence-corrected chi connectivity index (χ2v) is 13.1. The number of hydrogen-bond acceptors (Lipinski definition) is 12. The van der Waals surface area contributed by atoms with Gasteiger partial charge in [0.25, 0.3) is 5.91 Å². The van der Waals surface area contributed by atoms with Gasteiger partial charge < -0.3 is 30.9 Å². The maximum Gasteiger partial charge on any atom is 0.328 e. The van der Waals surface area contributed by atoms with Gasteiger partial charge in [-0.3, -0.25) is 24.7 Å². The lowest BCUT2D eigenvalue weighted by atomic mass is 9.95. The first-order valence-corrected chi connectivity index (χ1v) is 17.2. The van der Waals surface area contributed by atoms with E-state index in [1.165, 1.54) is 6.07 Å². The number of halogens is 1. The van der Waals surface area contributed by atoms with Crippen LogP contribution in [-0.4, -0.2) is 110 Å². The fourth-order valence-corrected chi connectivity index (χ4v) is 7.01. The van der Waals surface area contributed by atoms with Crippen LogP contribution in [0.15, 0.2) is 42.5 Å². The quantitative estimate of drug-likeness (QED) is 0.258. The molecule has 1 unspecified atom stereocenters. The molecule has 7 rings (SSSR count). The Morgan fingerprint density at radius 1 is 0.960 bits per heavy atom. The zero-order valence-electron chi connectivity index (χ0n) is 27.8. The molecule has 1 atom stereocenters. The van der Waals surface area contributed by atoms with Crippen molar-refractivity contribution in [1.82, 2.24) is 30.7 Å². The van der Waals surface area contributed by atoms with Crippen LogP contribution in [0.1, 0.15) is 41.6 Å². The molecule has 4 aliphatic rings. The molecule has 4 saturated heterocycles. The number of piperidine rings is 1. The number of benzene rings is 2.